The second-order valence-corrected chi connectivity index (χ2v) is 7.41. The molecule has 0 aliphatic rings. The Hall–Kier alpha value is -1.36. The number of carbonyl (C=O) groups excluding carboxylic acids is 1. The zero-order valence-corrected chi connectivity index (χ0v) is 15.0. The van der Waals surface area contributed by atoms with Crippen molar-refractivity contribution in [2.24, 2.45) is 0 Å². The van der Waals surface area contributed by atoms with Gasteiger partial charge in [0.2, 0.25) is 0 Å². The summed E-state index contributed by atoms with van der Waals surface area (Å²) in [6, 6.07) is 13.8. The van der Waals surface area contributed by atoms with Gasteiger partial charge in [0.15, 0.2) is 0 Å². The maximum atomic E-state index is 12.2. The molecular formula is C18H20INO. The number of carbonyl (C=O) groups is 1. The number of hydrogen-bond acceptors (Lipinski definition) is 1. The first-order chi connectivity index (χ1) is 9.77. The molecule has 21 heavy (non-hydrogen) atoms. The van der Waals surface area contributed by atoms with Crippen LogP contribution < -0.4 is 5.32 Å². The summed E-state index contributed by atoms with van der Waals surface area (Å²) >= 11 is 2.25. The van der Waals surface area contributed by atoms with Crippen LogP contribution in [0.5, 0.6) is 0 Å². The first-order valence-corrected chi connectivity index (χ1v) is 8.03. The molecule has 0 fully saturated rings. The number of benzene rings is 2. The van der Waals surface area contributed by atoms with Crippen molar-refractivity contribution >= 4 is 34.2 Å². The summed E-state index contributed by atoms with van der Waals surface area (Å²) in [6.07, 6.45) is 0. The predicted octanol–water partition coefficient (Wildman–Crippen LogP) is 5.15. The van der Waals surface area contributed by atoms with E-state index < -0.39 is 0 Å². The normalized spacial score (nSPS) is 11.3. The van der Waals surface area contributed by atoms with Gasteiger partial charge in [-0.3, -0.25) is 4.79 Å². The van der Waals surface area contributed by atoms with E-state index in [9.17, 15) is 4.79 Å². The molecule has 0 saturated carbocycles. The number of rotatable bonds is 2. The van der Waals surface area contributed by atoms with Crippen molar-refractivity contribution in [2.45, 2.75) is 33.1 Å². The van der Waals surface area contributed by atoms with Crippen LogP contribution in [0.4, 0.5) is 5.69 Å². The summed E-state index contributed by atoms with van der Waals surface area (Å²) in [4.78, 5) is 12.2. The maximum absolute atomic E-state index is 12.2. The molecule has 0 aliphatic heterocycles. The quantitative estimate of drug-likeness (QED) is 0.703. The number of nitrogens with one attached hydrogen (secondary N) is 1. The zero-order chi connectivity index (χ0) is 15.6. The van der Waals surface area contributed by atoms with Crippen LogP contribution in [0.15, 0.2) is 42.5 Å². The van der Waals surface area contributed by atoms with Crippen molar-refractivity contribution in [3.05, 3.63) is 62.7 Å². The highest BCUT2D eigenvalue weighted by Crippen LogP contribution is 2.23. The summed E-state index contributed by atoms with van der Waals surface area (Å²) in [5.41, 5.74) is 4.07. The minimum absolute atomic E-state index is 0.0728. The largest absolute Gasteiger partial charge is 0.322 e. The smallest absolute Gasteiger partial charge is 0.255 e. The molecule has 0 aliphatic carbocycles. The van der Waals surface area contributed by atoms with E-state index in [1.807, 2.05) is 37.3 Å². The van der Waals surface area contributed by atoms with E-state index in [1.54, 1.807) is 0 Å². The molecule has 0 atom stereocenters. The summed E-state index contributed by atoms with van der Waals surface area (Å²) in [7, 11) is 0. The molecule has 110 valence electrons. The van der Waals surface area contributed by atoms with Gasteiger partial charge in [-0.2, -0.15) is 0 Å². The summed E-state index contributed by atoms with van der Waals surface area (Å²) < 4.78 is 1.10. The molecule has 0 saturated heterocycles. The number of halogens is 1. The molecule has 0 unspecified atom stereocenters. The van der Waals surface area contributed by atoms with E-state index >= 15 is 0 Å². The lowest BCUT2D eigenvalue weighted by Crippen LogP contribution is -2.13. The molecular weight excluding hydrogens is 373 g/mol. The fraction of sp³-hybridized carbons (Fsp3) is 0.278. The van der Waals surface area contributed by atoms with Gasteiger partial charge in [-0.1, -0.05) is 39.0 Å². The van der Waals surface area contributed by atoms with Crippen LogP contribution in [0.2, 0.25) is 0 Å². The van der Waals surface area contributed by atoms with E-state index in [1.165, 1.54) is 11.1 Å². The van der Waals surface area contributed by atoms with Gasteiger partial charge in [-0.25, -0.2) is 0 Å². The van der Waals surface area contributed by atoms with Gasteiger partial charge in [0, 0.05) is 14.8 Å². The second kappa shape index (κ2) is 6.18. The van der Waals surface area contributed by atoms with Gasteiger partial charge in [0.05, 0.1) is 0 Å². The lowest BCUT2D eigenvalue weighted by atomic mass is 9.87. The Morgan fingerprint density at radius 2 is 1.67 bits per heavy atom. The fourth-order valence-corrected chi connectivity index (χ4v) is 2.51. The van der Waals surface area contributed by atoms with E-state index in [2.05, 4.69) is 60.8 Å². The van der Waals surface area contributed by atoms with Gasteiger partial charge < -0.3 is 5.32 Å². The van der Waals surface area contributed by atoms with E-state index in [0.717, 1.165) is 9.26 Å². The summed E-state index contributed by atoms with van der Waals surface area (Å²) in [5.74, 6) is -0.0728. The van der Waals surface area contributed by atoms with E-state index in [0.29, 0.717) is 5.56 Å². The highest BCUT2D eigenvalue weighted by molar-refractivity contribution is 14.1. The van der Waals surface area contributed by atoms with Crippen LogP contribution in [0.1, 0.15) is 42.3 Å². The minimum atomic E-state index is -0.0728. The van der Waals surface area contributed by atoms with Gasteiger partial charge in [-0.15, -0.1) is 0 Å². The zero-order valence-electron chi connectivity index (χ0n) is 12.8. The van der Waals surface area contributed by atoms with Crippen molar-refractivity contribution in [1.29, 1.82) is 0 Å². The molecule has 2 nitrogen and oxygen atoms in total. The van der Waals surface area contributed by atoms with Crippen LogP contribution in [0.3, 0.4) is 0 Å². The average molecular weight is 393 g/mol. The van der Waals surface area contributed by atoms with Crippen molar-refractivity contribution in [1.82, 2.24) is 0 Å². The van der Waals surface area contributed by atoms with Crippen molar-refractivity contribution in [3.8, 4) is 0 Å². The van der Waals surface area contributed by atoms with Crippen molar-refractivity contribution < 1.29 is 4.79 Å². The van der Waals surface area contributed by atoms with Crippen molar-refractivity contribution in [3.63, 3.8) is 0 Å². The molecule has 1 amide bonds. The van der Waals surface area contributed by atoms with Crippen LogP contribution in [0.25, 0.3) is 0 Å². The van der Waals surface area contributed by atoms with Gasteiger partial charge in [0.25, 0.3) is 5.91 Å². The van der Waals surface area contributed by atoms with Gasteiger partial charge in [0.1, 0.15) is 0 Å². The Morgan fingerprint density at radius 3 is 2.19 bits per heavy atom. The van der Waals surface area contributed by atoms with Crippen molar-refractivity contribution in [2.75, 3.05) is 5.32 Å². The Labute approximate surface area is 140 Å². The number of aryl methyl sites for hydroxylation is 1. The molecule has 2 aromatic rings. The second-order valence-electron chi connectivity index (χ2n) is 6.25. The van der Waals surface area contributed by atoms with Crippen LogP contribution in [-0.4, -0.2) is 5.91 Å². The third kappa shape index (κ3) is 4.06. The lowest BCUT2D eigenvalue weighted by Gasteiger charge is -2.19. The Balaban J connectivity index is 2.14. The van der Waals surface area contributed by atoms with Crippen LogP contribution in [0, 0.1) is 10.5 Å². The highest BCUT2D eigenvalue weighted by Gasteiger charge is 2.13. The molecule has 0 radical (unpaired) electrons. The molecule has 0 aromatic heterocycles. The first-order valence-electron chi connectivity index (χ1n) is 6.95. The third-order valence-corrected chi connectivity index (χ3v) is 4.61. The minimum Gasteiger partial charge on any atom is -0.322 e. The maximum Gasteiger partial charge on any atom is 0.255 e. The Bertz CT molecular complexity index is 654. The molecule has 3 heteroatoms. The molecule has 2 aromatic carbocycles. The third-order valence-electron chi connectivity index (χ3n) is 3.44. The van der Waals surface area contributed by atoms with Crippen LogP contribution >= 0.6 is 22.6 Å². The number of hydrogen-bond donors (Lipinski definition) is 1. The SMILES string of the molecule is Cc1ccc(C(=O)Nc2ccc(C(C)(C)C)cc2)cc1I. The molecule has 1 N–H and O–H groups in total. The van der Waals surface area contributed by atoms with Gasteiger partial charge >= 0.3 is 0 Å². The van der Waals surface area contributed by atoms with E-state index in [4.69, 9.17) is 0 Å². The highest BCUT2D eigenvalue weighted by atomic mass is 127. The lowest BCUT2D eigenvalue weighted by molar-refractivity contribution is 0.102. The first kappa shape index (κ1) is 16.0. The average Bonchev–Trinajstić information content (AvgIpc) is 2.41. The monoisotopic (exact) mass is 393 g/mol. The van der Waals surface area contributed by atoms with Crippen LogP contribution in [-0.2, 0) is 5.41 Å². The number of anilines is 1. The number of amides is 1. The summed E-state index contributed by atoms with van der Waals surface area (Å²) in [6.45, 7) is 8.56. The Morgan fingerprint density at radius 1 is 1.05 bits per heavy atom. The molecule has 2 rings (SSSR count). The standard InChI is InChI=1S/C18H20INO/c1-12-5-6-13(11-16(12)19)17(21)20-15-9-7-14(8-10-15)18(2,3)4/h5-11H,1-4H3,(H,20,21). The summed E-state index contributed by atoms with van der Waals surface area (Å²) in [5, 5.41) is 2.94. The Kier molecular flexibility index (Phi) is 4.71. The molecule has 0 heterocycles. The molecule has 0 bridgehead atoms. The molecule has 0 spiro atoms. The van der Waals surface area contributed by atoms with E-state index in [-0.39, 0.29) is 11.3 Å². The topological polar surface area (TPSA) is 29.1 Å². The predicted molar refractivity (Wildman–Crippen MR) is 97.0 cm³/mol. The van der Waals surface area contributed by atoms with Gasteiger partial charge in [-0.05, 0) is 70.3 Å². The fourth-order valence-electron chi connectivity index (χ4n) is 1.99.